The van der Waals surface area contributed by atoms with E-state index < -0.39 is 0 Å². The molecule has 3 nitrogen and oxygen atoms in total. The van der Waals surface area contributed by atoms with Crippen LogP contribution in [0.4, 0.5) is 0 Å². The van der Waals surface area contributed by atoms with Crippen LogP contribution in [-0.4, -0.2) is 35.6 Å². The van der Waals surface area contributed by atoms with Crippen molar-refractivity contribution in [2.75, 3.05) is 25.7 Å². The van der Waals surface area contributed by atoms with E-state index in [0.717, 1.165) is 23.7 Å². The van der Waals surface area contributed by atoms with Crippen molar-refractivity contribution in [1.82, 2.24) is 0 Å². The van der Waals surface area contributed by atoms with Crippen LogP contribution < -0.4 is 0 Å². The van der Waals surface area contributed by atoms with Crippen molar-refractivity contribution in [3.8, 4) is 0 Å². The monoisotopic (exact) mass is 328 g/mol. The molecule has 1 fully saturated rings. The molecular formula is C16H24O3S2. The maximum absolute atomic E-state index is 12.8. The Morgan fingerprint density at radius 1 is 1.29 bits per heavy atom. The second-order valence-corrected chi connectivity index (χ2v) is 8.65. The van der Waals surface area contributed by atoms with Crippen molar-refractivity contribution in [2.24, 2.45) is 11.8 Å². The summed E-state index contributed by atoms with van der Waals surface area (Å²) in [5.74, 6) is 3.59. The molecule has 118 valence electrons. The van der Waals surface area contributed by atoms with Gasteiger partial charge in [-0.1, -0.05) is 18.6 Å². The molecule has 1 saturated heterocycles. The topological polar surface area (TPSA) is 35.5 Å². The number of rotatable bonds is 4. The van der Waals surface area contributed by atoms with Gasteiger partial charge in [0.2, 0.25) is 11.5 Å². The maximum Gasteiger partial charge on any atom is 0.204 e. The highest BCUT2D eigenvalue weighted by Gasteiger charge is 2.55. The number of ketones is 1. The summed E-state index contributed by atoms with van der Waals surface area (Å²) >= 11 is 3.79. The third kappa shape index (κ3) is 2.87. The third-order valence-corrected chi connectivity index (χ3v) is 7.94. The van der Waals surface area contributed by atoms with Gasteiger partial charge in [0, 0.05) is 17.4 Å². The summed E-state index contributed by atoms with van der Waals surface area (Å²) in [6.45, 7) is 6.32. The molecule has 0 aromatic heterocycles. The van der Waals surface area contributed by atoms with Crippen molar-refractivity contribution in [2.45, 2.75) is 31.3 Å². The summed E-state index contributed by atoms with van der Waals surface area (Å²) in [5.41, 5.74) is 1.25. The number of thioether (sulfide) groups is 2. The van der Waals surface area contributed by atoms with Crippen LogP contribution in [0, 0.1) is 11.8 Å². The molecule has 2 rings (SSSR count). The number of carbonyl (C=O) groups excluding carboxylic acids is 1. The third-order valence-electron chi connectivity index (χ3n) is 4.19. The van der Waals surface area contributed by atoms with Gasteiger partial charge in [0.25, 0.3) is 0 Å². The van der Waals surface area contributed by atoms with Gasteiger partial charge in [-0.15, -0.1) is 23.5 Å². The molecule has 2 atom stereocenters. The number of hydrogen-bond acceptors (Lipinski definition) is 5. The average Bonchev–Trinajstić information content (AvgIpc) is 2.93. The molecule has 0 aromatic rings. The first-order valence-electron chi connectivity index (χ1n) is 7.26. The SMILES string of the molecule is COC1=C(OC)C2(SCCS2)C(C)C(CC=C(C)C)C1=O. The van der Waals surface area contributed by atoms with E-state index >= 15 is 0 Å². The standard InChI is InChI=1S/C16H24O3S2/c1-10(2)6-7-12-11(3)16(20-8-9-21-16)15(19-5)14(18-4)13(12)17/h6,11-12H,7-9H2,1-5H3. The molecule has 0 radical (unpaired) electrons. The summed E-state index contributed by atoms with van der Waals surface area (Å²) in [4.78, 5) is 12.8. The lowest BCUT2D eigenvalue weighted by atomic mass is 9.78. The van der Waals surface area contributed by atoms with Crippen LogP contribution >= 0.6 is 23.5 Å². The van der Waals surface area contributed by atoms with Crippen molar-refractivity contribution in [3.05, 3.63) is 23.2 Å². The molecule has 1 aliphatic heterocycles. The number of methoxy groups -OCH3 is 2. The Hall–Kier alpha value is -0.550. The van der Waals surface area contributed by atoms with Crippen molar-refractivity contribution in [3.63, 3.8) is 0 Å². The molecule has 1 aliphatic carbocycles. The fourth-order valence-corrected chi connectivity index (χ4v) is 6.64. The highest BCUT2D eigenvalue weighted by molar-refractivity contribution is 8.21. The molecular weight excluding hydrogens is 304 g/mol. The summed E-state index contributed by atoms with van der Waals surface area (Å²) in [5, 5.41) is 0. The highest BCUT2D eigenvalue weighted by atomic mass is 32.2. The Morgan fingerprint density at radius 3 is 2.38 bits per heavy atom. The minimum absolute atomic E-state index is 0.0353. The summed E-state index contributed by atoms with van der Waals surface area (Å²) < 4.78 is 10.9. The van der Waals surface area contributed by atoms with Crippen LogP contribution in [-0.2, 0) is 14.3 Å². The zero-order valence-corrected chi connectivity index (χ0v) is 15.0. The quantitative estimate of drug-likeness (QED) is 0.732. The summed E-state index contributed by atoms with van der Waals surface area (Å²) in [6.07, 6.45) is 2.93. The Labute approximate surface area is 135 Å². The van der Waals surface area contributed by atoms with Gasteiger partial charge >= 0.3 is 0 Å². The number of Topliss-reactive ketones (excluding diaryl/α,β-unsaturated/α-hetero) is 1. The number of allylic oxidation sites excluding steroid dienone is 3. The molecule has 2 aliphatic rings. The van der Waals surface area contributed by atoms with E-state index in [2.05, 4.69) is 26.8 Å². The van der Waals surface area contributed by atoms with Crippen molar-refractivity contribution in [1.29, 1.82) is 0 Å². The molecule has 2 unspecified atom stereocenters. The van der Waals surface area contributed by atoms with Gasteiger partial charge in [-0.3, -0.25) is 4.79 Å². The van der Waals surface area contributed by atoms with Crippen LogP contribution in [0.3, 0.4) is 0 Å². The van der Waals surface area contributed by atoms with Gasteiger partial charge < -0.3 is 9.47 Å². The summed E-state index contributed by atoms with van der Waals surface area (Å²) in [6, 6.07) is 0. The largest absolute Gasteiger partial charge is 0.495 e. The fraction of sp³-hybridized carbons (Fsp3) is 0.688. The van der Waals surface area contributed by atoms with Gasteiger partial charge in [-0.2, -0.15) is 0 Å². The average molecular weight is 328 g/mol. The number of hydrogen-bond donors (Lipinski definition) is 0. The molecule has 21 heavy (non-hydrogen) atoms. The second kappa shape index (κ2) is 6.69. The highest BCUT2D eigenvalue weighted by Crippen LogP contribution is 2.59. The Bertz CT molecular complexity index is 472. The number of carbonyl (C=O) groups is 1. The lowest BCUT2D eigenvalue weighted by molar-refractivity contribution is -0.125. The van der Waals surface area contributed by atoms with E-state index in [0.29, 0.717) is 5.76 Å². The Balaban J connectivity index is 2.47. The van der Waals surface area contributed by atoms with E-state index in [4.69, 9.17) is 9.47 Å². The van der Waals surface area contributed by atoms with Crippen LogP contribution in [0.5, 0.6) is 0 Å². The lowest BCUT2D eigenvalue weighted by Crippen LogP contribution is -2.45. The predicted octanol–water partition coefficient (Wildman–Crippen LogP) is 3.86. The number of ether oxygens (including phenoxy) is 2. The first-order chi connectivity index (χ1) is 9.97. The maximum atomic E-state index is 12.8. The van der Waals surface area contributed by atoms with Gasteiger partial charge in [0.05, 0.1) is 14.2 Å². The zero-order chi connectivity index (χ0) is 15.6. The summed E-state index contributed by atoms with van der Waals surface area (Å²) in [7, 11) is 3.21. The smallest absolute Gasteiger partial charge is 0.204 e. The van der Waals surface area contributed by atoms with E-state index in [1.165, 1.54) is 5.57 Å². The molecule has 1 spiro atoms. The van der Waals surface area contributed by atoms with E-state index in [1.807, 2.05) is 23.5 Å². The molecule has 0 amide bonds. The minimum atomic E-state index is -0.172. The Morgan fingerprint density at radius 2 is 1.90 bits per heavy atom. The van der Waals surface area contributed by atoms with Gasteiger partial charge in [0.15, 0.2) is 5.76 Å². The second-order valence-electron chi connectivity index (χ2n) is 5.71. The minimum Gasteiger partial charge on any atom is -0.495 e. The molecule has 0 aromatic carbocycles. The normalized spacial score (nSPS) is 28.0. The van der Waals surface area contributed by atoms with Crippen LogP contribution in [0.2, 0.25) is 0 Å². The van der Waals surface area contributed by atoms with E-state index in [-0.39, 0.29) is 21.7 Å². The van der Waals surface area contributed by atoms with E-state index in [9.17, 15) is 4.79 Å². The van der Waals surface area contributed by atoms with Crippen LogP contribution in [0.25, 0.3) is 0 Å². The first-order valence-corrected chi connectivity index (χ1v) is 9.23. The zero-order valence-electron chi connectivity index (χ0n) is 13.4. The first kappa shape index (κ1) is 16.8. The molecule has 5 heteroatoms. The molecule has 0 bridgehead atoms. The van der Waals surface area contributed by atoms with Crippen LogP contribution in [0.1, 0.15) is 27.2 Å². The van der Waals surface area contributed by atoms with E-state index in [1.54, 1.807) is 14.2 Å². The van der Waals surface area contributed by atoms with Crippen molar-refractivity contribution < 1.29 is 14.3 Å². The fourth-order valence-electron chi connectivity index (χ4n) is 3.06. The Kier molecular flexibility index (Phi) is 5.36. The van der Waals surface area contributed by atoms with Gasteiger partial charge in [-0.05, 0) is 26.2 Å². The molecule has 1 heterocycles. The molecule has 0 N–H and O–H groups in total. The molecule has 0 saturated carbocycles. The van der Waals surface area contributed by atoms with Crippen molar-refractivity contribution >= 4 is 29.3 Å². The predicted molar refractivity (Wildman–Crippen MR) is 90.4 cm³/mol. The lowest BCUT2D eigenvalue weighted by Gasteiger charge is -2.42. The van der Waals surface area contributed by atoms with Crippen LogP contribution in [0.15, 0.2) is 23.2 Å². The van der Waals surface area contributed by atoms with Gasteiger partial charge in [0.1, 0.15) is 4.08 Å². The van der Waals surface area contributed by atoms with Gasteiger partial charge in [-0.25, -0.2) is 0 Å².